The number of nitriles is 3. The molecular weight excluding hydrogens is 328 g/mol. The largest absolute Gasteiger partial charge is 0.418 e. The topological polar surface area (TPSA) is 83.4 Å². The quantitative estimate of drug-likeness (QED) is 0.821. The summed E-state index contributed by atoms with van der Waals surface area (Å²) in [5.74, 6) is 0. The van der Waals surface area contributed by atoms with E-state index in [0.29, 0.717) is 6.07 Å². The van der Waals surface area contributed by atoms with Gasteiger partial charge in [-0.15, -0.1) is 0 Å². The van der Waals surface area contributed by atoms with Crippen LogP contribution >= 0.6 is 23.2 Å². The summed E-state index contributed by atoms with van der Waals surface area (Å²) in [6.45, 7) is 0. The van der Waals surface area contributed by atoms with Gasteiger partial charge < -0.3 is 5.32 Å². The van der Waals surface area contributed by atoms with Crippen LogP contribution in [-0.4, -0.2) is 0 Å². The highest BCUT2D eigenvalue weighted by atomic mass is 35.5. The normalized spacial score (nSPS) is 10.0. The van der Waals surface area contributed by atoms with Gasteiger partial charge in [0.2, 0.25) is 0 Å². The van der Waals surface area contributed by atoms with Gasteiger partial charge >= 0.3 is 6.18 Å². The maximum absolute atomic E-state index is 12.9. The molecule has 0 atom stereocenters. The second-order valence-electron chi connectivity index (χ2n) is 3.49. The summed E-state index contributed by atoms with van der Waals surface area (Å²) in [7, 11) is 0. The van der Waals surface area contributed by atoms with E-state index in [2.05, 4.69) is 5.32 Å². The van der Waals surface area contributed by atoms with E-state index in [-0.39, 0.29) is 5.02 Å². The standard InChI is InChI=1S/C12H3Cl2F3N4/c13-8-2-1-7(12(15,16)17)11(10(8)14)21-9(5-20)6(3-18)4-19/h1-2,21H. The monoisotopic (exact) mass is 330 g/mol. The molecule has 1 aromatic rings. The van der Waals surface area contributed by atoms with Gasteiger partial charge in [0.1, 0.15) is 23.9 Å². The third kappa shape index (κ3) is 3.58. The van der Waals surface area contributed by atoms with E-state index in [1.54, 1.807) is 0 Å². The molecule has 0 heterocycles. The smallest absolute Gasteiger partial charge is 0.343 e. The predicted octanol–water partition coefficient (Wildman–Crippen LogP) is 4.25. The van der Waals surface area contributed by atoms with Crippen molar-refractivity contribution in [2.24, 2.45) is 0 Å². The number of anilines is 1. The highest BCUT2D eigenvalue weighted by Crippen LogP contribution is 2.42. The summed E-state index contributed by atoms with van der Waals surface area (Å²) in [5, 5.41) is 27.5. The van der Waals surface area contributed by atoms with Gasteiger partial charge in [-0.25, -0.2) is 0 Å². The lowest BCUT2D eigenvalue weighted by Crippen LogP contribution is -2.12. The molecule has 0 fully saturated rings. The fourth-order valence-electron chi connectivity index (χ4n) is 1.32. The van der Waals surface area contributed by atoms with Crippen molar-refractivity contribution in [2.75, 3.05) is 5.32 Å². The van der Waals surface area contributed by atoms with Gasteiger partial charge in [0.15, 0.2) is 5.57 Å². The molecule has 0 spiro atoms. The molecule has 1 aromatic carbocycles. The number of hydrogen-bond acceptors (Lipinski definition) is 4. The van der Waals surface area contributed by atoms with Gasteiger partial charge in [-0.3, -0.25) is 0 Å². The van der Waals surface area contributed by atoms with Crippen molar-refractivity contribution in [1.82, 2.24) is 0 Å². The Morgan fingerprint density at radius 2 is 1.62 bits per heavy atom. The Morgan fingerprint density at radius 3 is 2.05 bits per heavy atom. The zero-order valence-electron chi connectivity index (χ0n) is 9.89. The Morgan fingerprint density at radius 1 is 1.05 bits per heavy atom. The van der Waals surface area contributed by atoms with Crippen LogP contribution in [0, 0.1) is 34.0 Å². The van der Waals surface area contributed by atoms with Gasteiger partial charge in [-0.1, -0.05) is 23.2 Å². The van der Waals surface area contributed by atoms with Crippen molar-refractivity contribution in [2.45, 2.75) is 6.18 Å². The summed E-state index contributed by atoms with van der Waals surface area (Å²) in [4.78, 5) is 0. The number of nitrogens with zero attached hydrogens (tertiary/aromatic N) is 3. The molecule has 1 N–H and O–H groups in total. The Labute approximate surface area is 127 Å². The molecule has 21 heavy (non-hydrogen) atoms. The molecular formula is C12H3Cl2F3N4. The molecule has 0 saturated carbocycles. The number of allylic oxidation sites excluding steroid dienone is 2. The van der Waals surface area contributed by atoms with E-state index in [4.69, 9.17) is 39.0 Å². The van der Waals surface area contributed by atoms with Crippen molar-refractivity contribution in [3.05, 3.63) is 39.0 Å². The summed E-state index contributed by atoms with van der Waals surface area (Å²) in [6, 6.07) is 5.83. The zero-order valence-corrected chi connectivity index (χ0v) is 11.4. The van der Waals surface area contributed by atoms with Crippen molar-refractivity contribution in [3.8, 4) is 18.2 Å². The third-order valence-electron chi connectivity index (χ3n) is 2.24. The van der Waals surface area contributed by atoms with Crippen LogP contribution in [0.25, 0.3) is 0 Å². The van der Waals surface area contributed by atoms with Crippen LogP contribution < -0.4 is 5.32 Å². The first kappa shape index (κ1) is 16.7. The molecule has 0 bridgehead atoms. The summed E-state index contributed by atoms with van der Waals surface area (Å²) >= 11 is 11.3. The lowest BCUT2D eigenvalue weighted by molar-refractivity contribution is -0.136. The first-order chi connectivity index (χ1) is 9.76. The molecule has 0 saturated heterocycles. The van der Waals surface area contributed by atoms with E-state index in [1.807, 2.05) is 0 Å². The lowest BCUT2D eigenvalue weighted by Gasteiger charge is -2.16. The minimum atomic E-state index is -4.77. The average Bonchev–Trinajstić information content (AvgIpc) is 2.42. The molecule has 0 aliphatic heterocycles. The molecule has 9 heteroatoms. The fraction of sp³-hybridized carbons (Fsp3) is 0.0833. The van der Waals surface area contributed by atoms with Crippen LogP contribution in [0.3, 0.4) is 0 Å². The molecule has 4 nitrogen and oxygen atoms in total. The molecule has 1 rings (SSSR count). The number of benzene rings is 1. The van der Waals surface area contributed by atoms with Gasteiger partial charge in [-0.05, 0) is 12.1 Å². The second-order valence-corrected chi connectivity index (χ2v) is 4.28. The minimum absolute atomic E-state index is 0.181. The van der Waals surface area contributed by atoms with Crippen LogP contribution in [0.2, 0.25) is 10.0 Å². The Kier molecular flexibility index (Phi) is 5.05. The van der Waals surface area contributed by atoms with Gasteiger partial charge in [0, 0.05) is 0 Å². The number of alkyl halides is 3. The maximum atomic E-state index is 12.9. The van der Waals surface area contributed by atoms with Crippen LogP contribution in [0.5, 0.6) is 0 Å². The molecule has 0 amide bonds. The summed E-state index contributed by atoms with van der Waals surface area (Å²) in [6.07, 6.45) is -4.77. The van der Waals surface area contributed by atoms with E-state index < -0.39 is 33.7 Å². The summed E-state index contributed by atoms with van der Waals surface area (Å²) in [5.41, 5.74) is -3.22. The van der Waals surface area contributed by atoms with Gasteiger partial charge in [-0.2, -0.15) is 29.0 Å². The molecule has 0 aromatic heterocycles. The van der Waals surface area contributed by atoms with Crippen LogP contribution in [0.1, 0.15) is 5.56 Å². The molecule has 0 unspecified atom stereocenters. The lowest BCUT2D eigenvalue weighted by atomic mass is 10.1. The SMILES string of the molecule is N#CC(C#N)=C(C#N)Nc1c(C(F)(F)F)ccc(Cl)c1Cl. The minimum Gasteiger partial charge on any atom is -0.343 e. The fourth-order valence-corrected chi connectivity index (χ4v) is 1.69. The highest BCUT2D eigenvalue weighted by molar-refractivity contribution is 6.43. The van der Waals surface area contributed by atoms with Crippen molar-refractivity contribution in [3.63, 3.8) is 0 Å². The maximum Gasteiger partial charge on any atom is 0.418 e. The van der Waals surface area contributed by atoms with E-state index in [1.165, 1.54) is 18.2 Å². The Bertz CT molecular complexity index is 717. The first-order valence-corrected chi connectivity index (χ1v) is 5.78. The molecule has 106 valence electrons. The van der Waals surface area contributed by atoms with Crippen LogP contribution in [0.15, 0.2) is 23.4 Å². The van der Waals surface area contributed by atoms with Crippen molar-refractivity contribution >= 4 is 28.9 Å². The van der Waals surface area contributed by atoms with E-state index in [9.17, 15) is 13.2 Å². The zero-order chi connectivity index (χ0) is 16.2. The average molecular weight is 331 g/mol. The third-order valence-corrected chi connectivity index (χ3v) is 3.04. The highest BCUT2D eigenvalue weighted by Gasteiger charge is 2.35. The van der Waals surface area contributed by atoms with Gasteiger partial charge in [0.05, 0.1) is 21.3 Å². The van der Waals surface area contributed by atoms with E-state index >= 15 is 0 Å². The molecule has 0 aliphatic rings. The molecule has 0 radical (unpaired) electrons. The van der Waals surface area contributed by atoms with Crippen LogP contribution in [0.4, 0.5) is 18.9 Å². The van der Waals surface area contributed by atoms with Crippen molar-refractivity contribution < 1.29 is 13.2 Å². The predicted molar refractivity (Wildman–Crippen MR) is 69.0 cm³/mol. The Hall–Kier alpha value is -2.40. The number of rotatable bonds is 2. The second kappa shape index (κ2) is 6.37. The number of halogens is 5. The summed E-state index contributed by atoms with van der Waals surface area (Å²) < 4.78 is 38.7. The number of hydrogen-bond donors (Lipinski definition) is 1. The van der Waals surface area contributed by atoms with Gasteiger partial charge in [0.25, 0.3) is 0 Å². The number of nitrogens with one attached hydrogen (secondary N) is 1. The first-order valence-electron chi connectivity index (χ1n) is 5.03. The van der Waals surface area contributed by atoms with E-state index in [0.717, 1.165) is 6.07 Å². The Balaban J connectivity index is 3.56. The molecule has 0 aliphatic carbocycles. The van der Waals surface area contributed by atoms with Crippen molar-refractivity contribution in [1.29, 1.82) is 15.8 Å². The van der Waals surface area contributed by atoms with Crippen LogP contribution in [-0.2, 0) is 6.18 Å².